The topological polar surface area (TPSA) is 105 Å². The summed E-state index contributed by atoms with van der Waals surface area (Å²) in [7, 11) is -0.955. The molecule has 1 aromatic heterocycles. The van der Waals surface area contributed by atoms with Crippen molar-refractivity contribution in [1.29, 1.82) is 0 Å². The third-order valence-corrected chi connectivity index (χ3v) is 5.46. The molecule has 31 heavy (non-hydrogen) atoms. The van der Waals surface area contributed by atoms with E-state index in [0.29, 0.717) is 11.4 Å². The zero-order chi connectivity index (χ0) is 22.8. The van der Waals surface area contributed by atoms with Gasteiger partial charge in [-0.2, -0.15) is 0 Å². The number of aromatic nitrogens is 2. The van der Waals surface area contributed by atoms with E-state index in [1.807, 2.05) is 0 Å². The number of benzene rings is 1. The van der Waals surface area contributed by atoms with Crippen LogP contribution in [0.4, 0.5) is 14.9 Å². The molecule has 2 aromatic rings. The Morgan fingerprint density at radius 2 is 2.19 bits per heavy atom. The standard InChI is InChI=1S/C20H26FN6O3Si/c1-20(2,3)18(30-31(4)5)16-11-26(12-23-16)17-7-6-13(8-15(17)21)27-10-14(9-24-25-22)29-19(27)28/h6-8,11-12,14,18H,9-10H2,1-5H3/t14-,18?/m0/s1. The molecule has 3 rings (SSSR count). The summed E-state index contributed by atoms with van der Waals surface area (Å²) in [6.45, 7) is 10.6. The first-order chi connectivity index (χ1) is 14.6. The van der Waals surface area contributed by atoms with Gasteiger partial charge in [-0.15, -0.1) is 0 Å². The molecule has 1 radical (unpaired) electrons. The summed E-state index contributed by atoms with van der Waals surface area (Å²) in [5, 5.41) is 3.42. The second-order valence-electron chi connectivity index (χ2n) is 8.64. The van der Waals surface area contributed by atoms with Crippen molar-refractivity contribution in [3.63, 3.8) is 0 Å². The third-order valence-electron chi connectivity index (χ3n) is 4.76. The molecule has 1 aromatic carbocycles. The van der Waals surface area contributed by atoms with Crippen LogP contribution in [0.25, 0.3) is 16.1 Å². The van der Waals surface area contributed by atoms with E-state index in [9.17, 15) is 9.18 Å². The van der Waals surface area contributed by atoms with Gasteiger partial charge in [0.05, 0.1) is 42.6 Å². The first-order valence-corrected chi connectivity index (χ1v) is 12.3. The molecule has 1 amide bonds. The number of halogens is 1. The number of nitrogens with zero attached hydrogens (tertiary/aromatic N) is 6. The molecule has 2 heterocycles. The summed E-state index contributed by atoms with van der Waals surface area (Å²) in [5.41, 5.74) is 9.68. The number of rotatable bonds is 7. The van der Waals surface area contributed by atoms with Gasteiger partial charge in [0.25, 0.3) is 0 Å². The Bertz CT molecular complexity index is 999. The van der Waals surface area contributed by atoms with Crippen molar-refractivity contribution in [2.75, 3.05) is 18.0 Å². The predicted octanol–water partition coefficient (Wildman–Crippen LogP) is 5.00. The largest absolute Gasteiger partial charge is 0.444 e. The second kappa shape index (κ2) is 9.09. The van der Waals surface area contributed by atoms with Gasteiger partial charge in [0, 0.05) is 11.1 Å². The average molecular weight is 446 g/mol. The summed E-state index contributed by atoms with van der Waals surface area (Å²) in [4.78, 5) is 20.5. The minimum absolute atomic E-state index is 0.0343. The Hall–Kier alpha value is -2.88. The Kier molecular flexibility index (Phi) is 6.68. The molecule has 165 valence electrons. The normalized spacial score (nSPS) is 17.6. The van der Waals surface area contributed by atoms with Crippen LogP contribution in [-0.4, -0.2) is 43.9 Å². The van der Waals surface area contributed by atoms with Crippen molar-refractivity contribution < 1.29 is 18.3 Å². The van der Waals surface area contributed by atoms with E-state index in [1.165, 1.54) is 11.0 Å². The molecule has 1 saturated heterocycles. The van der Waals surface area contributed by atoms with E-state index in [0.717, 1.165) is 5.69 Å². The van der Waals surface area contributed by atoms with Crippen LogP contribution in [0.2, 0.25) is 13.1 Å². The lowest BCUT2D eigenvalue weighted by atomic mass is 9.87. The first kappa shape index (κ1) is 22.8. The molecular weight excluding hydrogens is 419 g/mol. The SMILES string of the molecule is C[Si](C)OC(c1cn(-c2ccc(N3C[C@H](CN=[N+]=[N-])OC3=O)cc2F)cn1)C(C)(C)C. The number of imidazole rings is 1. The van der Waals surface area contributed by atoms with Gasteiger partial charge in [-0.05, 0) is 42.2 Å². The van der Waals surface area contributed by atoms with Crippen LogP contribution >= 0.6 is 0 Å². The predicted molar refractivity (Wildman–Crippen MR) is 116 cm³/mol. The molecular formula is C20H26FN6O3Si. The molecule has 0 saturated carbocycles. The molecule has 0 N–H and O–H groups in total. The monoisotopic (exact) mass is 445 g/mol. The van der Waals surface area contributed by atoms with Crippen LogP contribution in [-0.2, 0) is 9.16 Å². The number of cyclic esters (lactones) is 1. The molecule has 1 aliphatic heterocycles. The number of carbonyl (C=O) groups excluding carboxylic acids is 1. The number of carbonyl (C=O) groups is 1. The van der Waals surface area contributed by atoms with Crippen molar-refractivity contribution in [1.82, 2.24) is 9.55 Å². The van der Waals surface area contributed by atoms with Gasteiger partial charge in [-0.25, -0.2) is 14.2 Å². The van der Waals surface area contributed by atoms with Gasteiger partial charge in [0.15, 0.2) is 0 Å². The third kappa shape index (κ3) is 5.24. The van der Waals surface area contributed by atoms with E-state index in [-0.39, 0.29) is 24.6 Å². The van der Waals surface area contributed by atoms with Crippen LogP contribution in [0.5, 0.6) is 0 Å². The summed E-state index contributed by atoms with van der Waals surface area (Å²) in [5.74, 6) is -0.503. The average Bonchev–Trinajstić information content (AvgIpc) is 3.30. The highest BCUT2D eigenvalue weighted by Gasteiger charge is 2.33. The highest BCUT2D eigenvalue weighted by Crippen LogP contribution is 2.36. The van der Waals surface area contributed by atoms with Gasteiger partial charge >= 0.3 is 6.09 Å². The lowest BCUT2D eigenvalue weighted by Gasteiger charge is -2.31. The zero-order valence-electron chi connectivity index (χ0n) is 18.2. The molecule has 1 unspecified atom stereocenters. The number of anilines is 1. The summed E-state index contributed by atoms with van der Waals surface area (Å²) in [6.07, 6.45) is 1.98. The van der Waals surface area contributed by atoms with Gasteiger partial charge in [-0.3, -0.25) is 4.90 Å². The van der Waals surface area contributed by atoms with E-state index in [1.54, 1.807) is 29.2 Å². The van der Waals surface area contributed by atoms with Gasteiger partial charge in [0.2, 0.25) is 9.04 Å². The minimum Gasteiger partial charge on any atom is -0.444 e. The first-order valence-electron chi connectivity index (χ1n) is 9.89. The molecule has 11 heteroatoms. The Morgan fingerprint density at radius 3 is 2.81 bits per heavy atom. The molecule has 9 nitrogen and oxygen atoms in total. The van der Waals surface area contributed by atoms with Gasteiger partial charge < -0.3 is 13.7 Å². The van der Waals surface area contributed by atoms with E-state index in [4.69, 9.17) is 14.7 Å². The van der Waals surface area contributed by atoms with Crippen LogP contribution in [0.1, 0.15) is 32.6 Å². The minimum atomic E-state index is -0.955. The van der Waals surface area contributed by atoms with Crippen LogP contribution in [0.3, 0.4) is 0 Å². The summed E-state index contributed by atoms with van der Waals surface area (Å²) < 4.78 is 27.9. The van der Waals surface area contributed by atoms with Gasteiger partial charge in [-0.1, -0.05) is 25.9 Å². The molecule has 0 aliphatic carbocycles. The number of amides is 1. The lowest BCUT2D eigenvalue weighted by Crippen LogP contribution is -2.26. The zero-order valence-corrected chi connectivity index (χ0v) is 19.2. The molecule has 0 spiro atoms. The highest BCUT2D eigenvalue weighted by molar-refractivity contribution is 6.48. The maximum atomic E-state index is 15.0. The Morgan fingerprint density at radius 1 is 1.45 bits per heavy atom. The van der Waals surface area contributed by atoms with Crippen molar-refractivity contribution in [2.24, 2.45) is 10.5 Å². The van der Waals surface area contributed by atoms with Crippen molar-refractivity contribution in [3.05, 3.63) is 52.7 Å². The highest BCUT2D eigenvalue weighted by atomic mass is 28.3. The Balaban J connectivity index is 1.83. The van der Waals surface area contributed by atoms with Crippen molar-refractivity contribution in [2.45, 2.75) is 46.1 Å². The molecule has 1 aliphatic rings. The fourth-order valence-corrected chi connectivity index (χ4v) is 4.30. The summed E-state index contributed by atoms with van der Waals surface area (Å²) >= 11 is 0. The summed E-state index contributed by atoms with van der Waals surface area (Å²) in [6, 6.07) is 4.52. The Labute approximate surface area is 182 Å². The van der Waals surface area contributed by atoms with Crippen LogP contribution in [0.15, 0.2) is 35.8 Å². The quantitative estimate of drug-likeness (QED) is 0.259. The van der Waals surface area contributed by atoms with E-state index in [2.05, 4.69) is 48.9 Å². The smallest absolute Gasteiger partial charge is 0.414 e. The van der Waals surface area contributed by atoms with Crippen LogP contribution < -0.4 is 4.90 Å². The van der Waals surface area contributed by atoms with E-state index < -0.39 is 27.1 Å². The fourth-order valence-electron chi connectivity index (χ4n) is 3.35. The van der Waals surface area contributed by atoms with Crippen molar-refractivity contribution in [3.8, 4) is 5.69 Å². The number of hydrogen-bond acceptors (Lipinski definition) is 5. The van der Waals surface area contributed by atoms with Crippen molar-refractivity contribution >= 4 is 20.8 Å². The van der Waals surface area contributed by atoms with E-state index >= 15 is 0 Å². The molecule has 1 fully saturated rings. The van der Waals surface area contributed by atoms with Crippen LogP contribution in [0, 0.1) is 11.2 Å². The maximum Gasteiger partial charge on any atom is 0.414 e. The number of hydrogen-bond donors (Lipinski definition) is 0. The number of ether oxygens (including phenoxy) is 1. The maximum absolute atomic E-state index is 15.0. The lowest BCUT2D eigenvalue weighted by molar-refractivity contribution is 0.0830. The molecule has 0 bridgehead atoms. The second-order valence-corrected chi connectivity index (χ2v) is 10.7. The van der Waals surface area contributed by atoms with Gasteiger partial charge in [0.1, 0.15) is 11.9 Å². The molecule has 2 atom stereocenters. The number of azide groups is 1. The fraction of sp³-hybridized carbons (Fsp3) is 0.500.